The Morgan fingerprint density at radius 1 is 1.03 bits per heavy atom. The lowest BCUT2D eigenvalue weighted by Crippen LogP contribution is -2.40. The fourth-order valence-corrected chi connectivity index (χ4v) is 5.54. The van der Waals surface area contributed by atoms with E-state index in [9.17, 15) is 14.4 Å². The fraction of sp³-hybridized carbons (Fsp3) is 0.444. The highest BCUT2D eigenvalue weighted by Gasteiger charge is 2.23. The van der Waals surface area contributed by atoms with Crippen molar-refractivity contribution >= 4 is 35.2 Å². The number of hydrogen-bond donors (Lipinski definition) is 1. The third-order valence-corrected chi connectivity index (χ3v) is 7.72. The van der Waals surface area contributed by atoms with Gasteiger partial charge in [0.1, 0.15) is 0 Å². The minimum absolute atomic E-state index is 0.0686. The van der Waals surface area contributed by atoms with E-state index in [0.717, 1.165) is 17.7 Å². The summed E-state index contributed by atoms with van der Waals surface area (Å²) in [5.41, 5.74) is 1.60. The third-order valence-electron chi connectivity index (χ3n) is 6.66. The lowest BCUT2D eigenvalue weighted by Gasteiger charge is -2.31. The van der Waals surface area contributed by atoms with Gasteiger partial charge in [-0.05, 0) is 43.2 Å². The zero-order valence-corrected chi connectivity index (χ0v) is 21.0. The van der Waals surface area contributed by atoms with E-state index in [-0.39, 0.29) is 17.7 Å². The van der Waals surface area contributed by atoms with Gasteiger partial charge in [0.05, 0.1) is 24.5 Å². The van der Waals surface area contributed by atoms with Crippen LogP contribution in [0.2, 0.25) is 0 Å². The first-order valence-corrected chi connectivity index (χ1v) is 13.3. The van der Waals surface area contributed by atoms with Crippen molar-refractivity contribution in [1.82, 2.24) is 9.80 Å². The number of ether oxygens (including phenoxy) is 1. The van der Waals surface area contributed by atoms with Crippen LogP contribution in [0.4, 0.5) is 5.69 Å². The van der Waals surface area contributed by atoms with E-state index in [1.807, 2.05) is 30.1 Å². The number of carbonyl (C=O) groups excluding carboxylic acids is 3. The van der Waals surface area contributed by atoms with Gasteiger partial charge in [-0.2, -0.15) is 0 Å². The van der Waals surface area contributed by atoms with Crippen molar-refractivity contribution in [3.8, 4) is 0 Å². The SMILES string of the molecule is CN(C(=O)CSc1ccccc1C(=O)Nc1cccc(C(=O)N2CCOCC2)c1)C1CCCCC1. The summed E-state index contributed by atoms with van der Waals surface area (Å²) in [7, 11) is 1.89. The Bertz CT molecular complexity index is 1050. The molecule has 1 saturated carbocycles. The minimum atomic E-state index is -0.267. The molecule has 35 heavy (non-hydrogen) atoms. The summed E-state index contributed by atoms with van der Waals surface area (Å²) in [6.45, 7) is 2.20. The number of morpholine rings is 1. The van der Waals surface area contributed by atoms with Crippen LogP contribution >= 0.6 is 11.8 Å². The highest BCUT2D eigenvalue weighted by molar-refractivity contribution is 8.00. The van der Waals surface area contributed by atoms with E-state index in [1.54, 1.807) is 35.2 Å². The highest BCUT2D eigenvalue weighted by Crippen LogP contribution is 2.26. The number of rotatable bonds is 7. The largest absolute Gasteiger partial charge is 0.378 e. The molecule has 2 aliphatic rings. The second kappa shape index (κ2) is 12.2. The molecule has 2 fully saturated rings. The van der Waals surface area contributed by atoms with E-state index < -0.39 is 0 Å². The molecule has 2 aromatic carbocycles. The van der Waals surface area contributed by atoms with Crippen LogP contribution in [0, 0.1) is 0 Å². The van der Waals surface area contributed by atoms with Crippen molar-refractivity contribution in [2.45, 2.75) is 43.0 Å². The molecule has 8 heteroatoms. The van der Waals surface area contributed by atoms with Crippen LogP contribution in [0.15, 0.2) is 53.4 Å². The van der Waals surface area contributed by atoms with Crippen LogP contribution in [0.1, 0.15) is 52.8 Å². The summed E-state index contributed by atoms with van der Waals surface area (Å²) < 4.78 is 5.32. The van der Waals surface area contributed by atoms with E-state index >= 15 is 0 Å². The van der Waals surface area contributed by atoms with Crippen LogP contribution in [0.25, 0.3) is 0 Å². The number of anilines is 1. The first kappa shape index (κ1) is 25.3. The summed E-state index contributed by atoms with van der Waals surface area (Å²) in [5, 5.41) is 2.92. The van der Waals surface area contributed by atoms with Gasteiger partial charge >= 0.3 is 0 Å². The van der Waals surface area contributed by atoms with Crippen LogP contribution in [-0.2, 0) is 9.53 Å². The van der Waals surface area contributed by atoms with Crippen LogP contribution in [0.5, 0.6) is 0 Å². The van der Waals surface area contributed by atoms with E-state index in [2.05, 4.69) is 5.32 Å². The molecule has 2 aromatic rings. The van der Waals surface area contributed by atoms with Crippen molar-refractivity contribution in [2.24, 2.45) is 0 Å². The van der Waals surface area contributed by atoms with Gasteiger partial charge in [0.2, 0.25) is 5.91 Å². The van der Waals surface area contributed by atoms with Gasteiger partial charge in [-0.25, -0.2) is 0 Å². The number of carbonyl (C=O) groups is 3. The van der Waals surface area contributed by atoms with Gasteiger partial charge in [0.25, 0.3) is 11.8 Å². The van der Waals surface area contributed by atoms with Gasteiger partial charge in [-0.1, -0.05) is 37.5 Å². The van der Waals surface area contributed by atoms with Crippen molar-refractivity contribution < 1.29 is 19.1 Å². The number of nitrogens with zero attached hydrogens (tertiary/aromatic N) is 2. The quantitative estimate of drug-likeness (QED) is 0.580. The van der Waals surface area contributed by atoms with Crippen molar-refractivity contribution in [3.63, 3.8) is 0 Å². The molecule has 1 N–H and O–H groups in total. The molecule has 0 aromatic heterocycles. The normalized spacial score (nSPS) is 16.5. The third kappa shape index (κ3) is 6.64. The summed E-state index contributed by atoms with van der Waals surface area (Å²) in [6.07, 6.45) is 5.74. The standard InChI is InChI=1S/C27H33N3O4S/c1-29(22-10-3-2-4-11-22)25(31)19-35-24-13-6-5-12-23(24)26(32)28-21-9-7-8-20(18-21)27(33)30-14-16-34-17-15-30/h5-9,12-13,18,22H,2-4,10-11,14-17,19H2,1H3,(H,28,32). The summed E-state index contributed by atoms with van der Waals surface area (Å²) in [6, 6.07) is 14.6. The Kier molecular flexibility index (Phi) is 8.82. The predicted molar refractivity (Wildman–Crippen MR) is 138 cm³/mol. The number of benzene rings is 2. The van der Waals surface area contributed by atoms with E-state index in [4.69, 9.17) is 4.74 Å². The van der Waals surface area contributed by atoms with Crippen molar-refractivity contribution in [1.29, 1.82) is 0 Å². The minimum Gasteiger partial charge on any atom is -0.378 e. The fourth-order valence-electron chi connectivity index (χ4n) is 4.57. The van der Waals surface area contributed by atoms with Crippen molar-refractivity contribution in [2.75, 3.05) is 44.4 Å². The monoisotopic (exact) mass is 495 g/mol. The molecule has 1 aliphatic heterocycles. The van der Waals surface area contributed by atoms with Gasteiger partial charge in [-0.15, -0.1) is 11.8 Å². The highest BCUT2D eigenvalue weighted by atomic mass is 32.2. The summed E-state index contributed by atoms with van der Waals surface area (Å²) >= 11 is 1.39. The number of hydrogen-bond acceptors (Lipinski definition) is 5. The van der Waals surface area contributed by atoms with Gasteiger partial charge in [-0.3, -0.25) is 14.4 Å². The Hall–Kier alpha value is -2.84. The molecule has 3 amide bonds. The molecule has 0 radical (unpaired) electrons. The average Bonchev–Trinajstić information content (AvgIpc) is 2.92. The molecule has 1 heterocycles. The zero-order valence-electron chi connectivity index (χ0n) is 20.2. The Balaban J connectivity index is 1.39. The number of nitrogens with one attached hydrogen (secondary N) is 1. The molecular formula is C27H33N3O4S. The maximum Gasteiger partial charge on any atom is 0.256 e. The maximum atomic E-state index is 13.1. The lowest BCUT2D eigenvalue weighted by molar-refractivity contribution is -0.129. The molecule has 1 saturated heterocycles. The Morgan fingerprint density at radius 3 is 2.54 bits per heavy atom. The van der Waals surface area contributed by atoms with Gasteiger partial charge in [0.15, 0.2) is 0 Å². The molecule has 4 rings (SSSR count). The average molecular weight is 496 g/mol. The van der Waals surface area contributed by atoms with Crippen molar-refractivity contribution in [3.05, 3.63) is 59.7 Å². The first-order valence-electron chi connectivity index (χ1n) is 12.3. The topological polar surface area (TPSA) is 79.0 Å². The molecular weight excluding hydrogens is 462 g/mol. The second-order valence-electron chi connectivity index (χ2n) is 9.02. The first-order chi connectivity index (χ1) is 17.0. The van der Waals surface area contributed by atoms with Crippen LogP contribution in [-0.4, -0.2) is 72.7 Å². The molecule has 186 valence electrons. The molecule has 0 atom stereocenters. The number of thioether (sulfide) groups is 1. The molecule has 7 nitrogen and oxygen atoms in total. The van der Waals surface area contributed by atoms with Gasteiger partial charge in [0, 0.05) is 42.3 Å². The summed E-state index contributed by atoms with van der Waals surface area (Å²) in [5.74, 6) is 0.0467. The zero-order chi connectivity index (χ0) is 24.6. The van der Waals surface area contributed by atoms with Crippen LogP contribution in [0.3, 0.4) is 0 Å². The van der Waals surface area contributed by atoms with E-state index in [1.165, 1.54) is 31.0 Å². The van der Waals surface area contributed by atoms with Crippen LogP contribution < -0.4 is 5.32 Å². The second-order valence-corrected chi connectivity index (χ2v) is 10.0. The van der Waals surface area contributed by atoms with Gasteiger partial charge < -0.3 is 19.9 Å². The maximum absolute atomic E-state index is 13.1. The molecule has 0 unspecified atom stereocenters. The number of amides is 3. The summed E-state index contributed by atoms with van der Waals surface area (Å²) in [4.78, 5) is 43.1. The smallest absolute Gasteiger partial charge is 0.256 e. The Labute approximate surface area is 211 Å². The molecule has 0 spiro atoms. The molecule has 1 aliphatic carbocycles. The lowest BCUT2D eigenvalue weighted by atomic mass is 9.94. The Morgan fingerprint density at radius 2 is 1.77 bits per heavy atom. The predicted octanol–water partition coefficient (Wildman–Crippen LogP) is 4.29. The molecule has 0 bridgehead atoms. The van der Waals surface area contributed by atoms with E-state index in [0.29, 0.717) is 54.9 Å².